The first-order chi connectivity index (χ1) is 9.89. The van der Waals surface area contributed by atoms with Gasteiger partial charge in [-0.2, -0.15) is 0 Å². The summed E-state index contributed by atoms with van der Waals surface area (Å²) in [6, 6.07) is 0. The van der Waals surface area contributed by atoms with E-state index in [4.69, 9.17) is 25.4 Å². The lowest BCUT2D eigenvalue weighted by atomic mass is 10.4. The molecule has 0 aliphatic rings. The number of aliphatic hydroxyl groups excluding tert-OH is 1. The van der Waals surface area contributed by atoms with Crippen molar-refractivity contribution >= 4 is 24.6 Å². The summed E-state index contributed by atoms with van der Waals surface area (Å²) in [6.07, 6.45) is 3.49. The van der Waals surface area contributed by atoms with Crippen molar-refractivity contribution in [1.82, 2.24) is 19.5 Å². The van der Waals surface area contributed by atoms with Gasteiger partial charge in [0, 0.05) is 13.2 Å². The molecule has 21 heavy (non-hydrogen) atoms. The van der Waals surface area contributed by atoms with Crippen LogP contribution in [-0.2, 0) is 15.8 Å². The van der Waals surface area contributed by atoms with Crippen LogP contribution in [0.1, 0.15) is 6.42 Å². The molecule has 0 bridgehead atoms. The van der Waals surface area contributed by atoms with Crippen LogP contribution in [0.25, 0.3) is 11.2 Å². The molecule has 2 aromatic rings. The lowest BCUT2D eigenvalue weighted by Crippen LogP contribution is -2.16. The smallest absolute Gasteiger partial charge is 0.356 e. The van der Waals surface area contributed by atoms with Crippen molar-refractivity contribution in [2.24, 2.45) is 0 Å². The Kier molecular flexibility index (Phi) is 4.86. The molecule has 0 aliphatic heterocycles. The number of anilines is 1. The highest BCUT2D eigenvalue weighted by Gasteiger charge is 2.25. The molecule has 0 saturated carbocycles. The maximum absolute atomic E-state index is 10.7. The van der Waals surface area contributed by atoms with E-state index in [2.05, 4.69) is 15.0 Å². The number of ether oxygens (including phenoxy) is 1. The Bertz CT molecular complexity index is 656. The minimum Gasteiger partial charge on any atom is -0.382 e. The molecule has 2 heterocycles. The number of fused-ring (bicyclic) bond motifs is 1. The van der Waals surface area contributed by atoms with Crippen molar-refractivity contribution in [1.29, 1.82) is 0 Å². The first-order valence-electron chi connectivity index (χ1n) is 6.12. The van der Waals surface area contributed by atoms with Crippen LogP contribution in [-0.4, -0.2) is 53.5 Å². The van der Waals surface area contributed by atoms with Crippen LogP contribution in [0.5, 0.6) is 0 Å². The SMILES string of the molecule is Nc1ncnc2c1ncn2CCCOCC(O)P(=O)(O)O. The lowest BCUT2D eigenvalue weighted by Gasteiger charge is -2.12. The van der Waals surface area contributed by atoms with Gasteiger partial charge in [-0.15, -0.1) is 0 Å². The van der Waals surface area contributed by atoms with Crippen molar-refractivity contribution in [3.05, 3.63) is 12.7 Å². The van der Waals surface area contributed by atoms with Gasteiger partial charge >= 0.3 is 7.60 Å². The zero-order valence-electron chi connectivity index (χ0n) is 11.0. The van der Waals surface area contributed by atoms with Gasteiger partial charge in [0.1, 0.15) is 11.8 Å². The summed E-state index contributed by atoms with van der Waals surface area (Å²) in [5.74, 6) is -1.49. The topological polar surface area (TPSA) is 157 Å². The van der Waals surface area contributed by atoms with Crippen LogP contribution < -0.4 is 5.73 Å². The molecule has 10 nitrogen and oxygen atoms in total. The molecule has 1 atom stereocenters. The van der Waals surface area contributed by atoms with Gasteiger partial charge in [-0.05, 0) is 6.42 Å². The minimum atomic E-state index is -4.51. The highest BCUT2D eigenvalue weighted by molar-refractivity contribution is 7.52. The number of nitrogen functional groups attached to an aromatic ring is 1. The maximum Gasteiger partial charge on any atom is 0.356 e. The van der Waals surface area contributed by atoms with Crippen LogP contribution in [0.3, 0.4) is 0 Å². The molecule has 116 valence electrons. The number of aliphatic hydroxyl groups is 1. The predicted octanol–water partition coefficient (Wildman–Crippen LogP) is -0.689. The fourth-order valence-corrected chi connectivity index (χ4v) is 1.98. The Morgan fingerprint density at radius 2 is 2.14 bits per heavy atom. The molecule has 0 spiro atoms. The summed E-state index contributed by atoms with van der Waals surface area (Å²) < 4.78 is 17.5. The highest BCUT2D eigenvalue weighted by Crippen LogP contribution is 2.39. The number of rotatable bonds is 7. The van der Waals surface area contributed by atoms with Crippen LogP contribution in [0.2, 0.25) is 0 Å². The van der Waals surface area contributed by atoms with Crippen LogP contribution in [0, 0.1) is 0 Å². The number of hydrogen-bond acceptors (Lipinski definition) is 7. The van der Waals surface area contributed by atoms with Crippen LogP contribution in [0.15, 0.2) is 12.7 Å². The van der Waals surface area contributed by atoms with E-state index in [0.717, 1.165) is 0 Å². The van der Waals surface area contributed by atoms with Gasteiger partial charge in [0.05, 0.1) is 12.9 Å². The molecule has 0 radical (unpaired) electrons. The Balaban J connectivity index is 1.81. The lowest BCUT2D eigenvalue weighted by molar-refractivity contribution is 0.0588. The normalized spacial score (nSPS) is 13.7. The van der Waals surface area contributed by atoms with E-state index in [1.807, 2.05) is 0 Å². The highest BCUT2D eigenvalue weighted by atomic mass is 31.2. The largest absolute Gasteiger partial charge is 0.382 e. The quantitative estimate of drug-likeness (QED) is 0.383. The summed E-state index contributed by atoms with van der Waals surface area (Å²) in [5, 5.41) is 9.11. The van der Waals surface area contributed by atoms with E-state index < -0.39 is 20.0 Å². The molecule has 11 heteroatoms. The average molecular weight is 317 g/mol. The third kappa shape index (κ3) is 3.96. The second kappa shape index (κ2) is 6.46. The zero-order chi connectivity index (χ0) is 15.5. The summed E-state index contributed by atoms with van der Waals surface area (Å²) in [6.45, 7) is 0.361. The van der Waals surface area contributed by atoms with Crippen LogP contribution in [0.4, 0.5) is 5.82 Å². The van der Waals surface area contributed by atoms with E-state index in [1.165, 1.54) is 6.33 Å². The van der Waals surface area contributed by atoms with Crippen molar-refractivity contribution in [2.75, 3.05) is 18.9 Å². The third-order valence-electron chi connectivity index (χ3n) is 2.77. The van der Waals surface area contributed by atoms with Crippen molar-refractivity contribution in [3.63, 3.8) is 0 Å². The third-order valence-corrected chi connectivity index (χ3v) is 3.70. The van der Waals surface area contributed by atoms with Gasteiger partial charge in [0.25, 0.3) is 0 Å². The molecule has 2 rings (SSSR count). The van der Waals surface area contributed by atoms with Gasteiger partial charge in [0.2, 0.25) is 0 Å². The van der Waals surface area contributed by atoms with Crippen molar-refractivity contribution in [2.45, 2.75) is 18.8 Å². The number of aryl methyl sites for hydroxylation is 1. The van der Waals surface area contributed by atoms with Gasteiger partial charge < -0.3 is 29.9 Å². The van der Waals surface area contributed by atoms with Gasteiger partial charge in [-0.1, -0.05) is 0 Å². The van der Waals surface area contributed by atoms with Gasteiger partial charge in [0.15, 0.2) is 17.3 Å². The average Bonchev–Trinajstić information content (AvgIpc) is 2.82. The summed E-state index contributed by atoms with van der Waals surface area (Å²) in [5.41, 5.74) is 6.80. The molecule has 0 amide bonds. The summed E-state index contributed by atoms with van der Waals surface area (Å²) in [4.78, 5) is 29.4. The standard InChI is InChI=1S/C10H16N5O5P/c11-9-8-10(13-5-12-9)15(6-14-8)2-1-3-20-4-7(16)21(17,18)19/h5-7,16H,1-4H2,(H2,11,12,13)(H2,17,18,19). The van der Waals surface area contributed by atoms with Crippen LogP contribution >= 0.6 is 7.60 Å². The minimum absolute atomic E-state index is 0.233. The number of imidazole rings is 1. The van der Waals surface area contributed by atoms with E-state index >= 15 is 0 Å². The van der Waals surface area contributed by atoms with Gasteiger partial charge in [-0.3, -0.25) is 4.57 Å². The van der Waals surface area contributed by atoms with Crippen molar-refractivity contribution in [3.8, 4) is 0 Å². The monoisotopic (exact) mass is 317 g/mol. The Labute approximate surface area is 119 Å². The molecule has 0 fully saturated rings. The number of nitrogens with two attached hydrogens (primary N) is 1. The van der Waals surface area contributed by atoms with E-state index in [9.17, 15) is 4.57 Å². The first-order valence-corrected chi connectivity index (χ1v) is 7.80. The molecule has 0 aliphatic carbocycles. The molecule has 1 unspecified atom stereocenters. The number of hydrogen-bond donors (Lipinski definition) is 4. The molecule has 0 aromatic carbocycles. The summed E-state index contributed by atoms with van der Waals surface area (Å²) >= 11 is 0. The molecule has 0 saturated heterocycles. The summed E-state index contributed by atoms with van der Waals surface area (Å²) in [7, 11) is -4.51. The second-order valence-electron chi connectivity index (χ2n) is 4.37. The zero-order valence-corrected chi connectivity index (χ0v) is 11.9. The first kappa shape index (κ1) is 15.8. The second-order valence-corrected chi connectivity index (χ2v) is 6.14. The number of nitrogens with zero attached hydrogens (tertiary/aromatic N) is 4. The predicted molar refractivity (Wildman–Crippen MR) is 73.2 cm³/mol. The Morgan fingerprint density at radius 1 is 1.38 bits per heavy atom. The molecular formula is C10H16N5O5P. The molecular weight excluding hydrogens is 301 g/mol. The molecule has 5 N–H and O–H groups in total. The van der Waals surface area contributed by atoms with E-state index in [-0.39, 0.29) is 6.61 Å². The Hall–Kier alpha value is -1.58. The number of aromatic nitrogens is 4. The molecule has 2 aromatic heterocycles. The fourth-order valence-electron chi connectivity index (χ4n) is 1.69. The fraction of sp³-hybridized carbons (Fsp3) is 0.500. The Morgan fingerprint density at radius 3 is 2.86 bits per heavy atom. The van der Waals surface area contributed by atoms with Gasteiger partial charge in [-0.25, -0.2) is 15.0 Å². The maximum atomic E-state index is 10.7. The van der Waals surface area contributed by atoms with Crippen molar-refractivity contribution < 1.29 is 24.2 Å². The van der Waals surface area contributed by atoms with E-state index in [1.54, 1.807) is 10.9 Å². The van der Waals surface area contributed by atoms with E-state index in [0.29, 0.717) is 29.9 Å².